The van der Waals surface area contributed by atoms with Crippen LogP contribution in [0.1, 0.15) is 16.8 Å². The van der Waals surface area contributed by atoms with Crippen molar-refractivity contribution < 1.29 is 14.3 Å². The average Bonchev–Trinajstić information content (AvgIpc) is 2.50. The van der Waals surface area contributed by atoms with E-state index in [4.69, 9.17) is 22.1 Å². The largest absolute Gasteiger partial charge is 0.397 e. The molecule has 1 aromatic heterocycles. The van der Waals surface area contributed by atoms with E-state index in [0.717, 1.165) is 0 Å². The number of hydrogen-bond donors (Lipinski definition) is 2. The van der Waals surface area contributed by atoms with Crippen LogP contribution in [0.25, 0.3) is 0 Å². The molecule has 0 saturated carbocycles. The Morgan fingerprint density at radius 1 is 1.43 bits per heavy atom. The summed E-state index contributed by atoms with van der Waals surface area (Å²) in [6.07, 6.45) is 1.57. The fraction of sp³-hybridized carbons (Fsp3) is 0.462. The summed E-state index contributed by atoms with van der Waals surface area (Å²) in [5.74, 6) is -0.370. The number of ether oxygens (including phenoxy) is 1. The number of nitrogens with two attached hydrogens (primary N) is 1. The van der Waals surface area contributed by atoms with Crippen molar-refractivity contribution in [2.45, 2.75) is 6.42 Å². The van der Waals surface area contributed by atoms with Gasteiger partial charge in [-0.05, 0) is 6.07 Å². The minimum absolute atomic E-state index is 0.000618. The molecular weight excluding hydrogens is 296 g/mol. The highest BCUT2D eigenvalue weighted by Gasteiger charge is 2.17. The molecule has 2 rings (SSSR count). The Kier molecular flexibility index (Phi) is 5.35. The second-order valence-corrected chi connectivity index (χ2v) is 4.98. The Morgan fingerprint density at radius 3 is 2.86 bits per heavy atom. The molecule has 0 spiro atoms. The van der Waals surface area contributed by atoms with E-state index in [-0.39, 0.29) is 41.2 Å². The van der Waals surface area contributed by atoms with Gasteiger partial charge in [0.25, 0.3) is 5.91 Å². The predicted octanol–water partition coefficient (Wildman–Crippen LogP) is 0.296. The Balaban J connectivity index is 1.81. The van der Waals surface area contributed by atoms with Crippen molar-refractivity contribution >= 4 is 29.1 Å². The van der Waals surface area contributed by atoms with Crippen LogP contribution >= 0.6 is 11.6 Å². The van der Waals surface area contributed by atoms with Crippen molar-refractivity contribution in [2.24, 2.45) is 0 Å². The Bertz CT molecular complexity index is 532. The lowest BCUT2D eigenvalue weighted by Crippen LogP contribution is -2.42. The summed E-state index contributed by atoms with van der Waals surface area (Å²) in [5.41, 5.74) is 6.17. The van der Waals surface area contributed by atoms with Gasteiger partial charge in [0.05, 0.1) is 30.7 Å². The first-order valence-corrected chi connectivity index (χ1v) is 7.00. The number of anilines is 1. The summed E-state index contributed by atoms with van der Waals surface area (Å²) >= 11 is 5.73. The molecule has 7 nitrogen and oxygen atoms in total. The van der Waals surface area contributed by atoms with E-state index >= 15 is 0 Å². The molecule has 0 unspecified atom stereocenters. The number of nitrogens with zero attached hydrogens (tertiary/aromatic N) is 2. The summed E-state index contributed by atoms with van der Waals surface area (Å²) in [6.45, 7) is 2.56. The zero-order valence-electron chi connectivity index (χ0n) is 11.5. The monoisotopic (exact) mass is 312 g/mol. The molecule has 0 atom stereocenters. The minimum atomic E-state index is -0.369. The molecule has 1 aliphatic heterocycles. The van der Waals surface area contributed by atoms with Crippen molar-refractivity contribution in [1.82, 2.24) is 15.2 Å². The maximum atomic E-state index is 12.0. The minimum Gasteiger partial charge on any atom is -0.397 e. The third-order valence-corrected chi connectivity index (χ3v) is 3.34. The Hall–Kier alpha value is -1.86. The summed E-state index contributed by atoms with van der Waals surface area (Å²) in [6, 6.07) is 1.40. The molecular formula is C13H17ClN4O3. The zero-order chi connectivity index (χ0) is 15.2. The molecule has 2 heterocycles. The van der Waals surface area contributed by atoms with Gasteiger partial charge < -0.3 is 20.7 Å². The second kappa shape index (κ2) is 7.24. The fourth-order valence-electron chi connectivity index (χ4n) is 1.99. The molecule has 1 fully saturated rings. The Labute approximate surface area is 127 Å². The van der Waals surface area contributed by atoms with Crippen molar-refractivity contribution in [3.05, 3.63) is 23.0 Å². The molecule has 8 heteroatoms. The normalized spacial score (nSPS) is 14.8. The highest BCUT2D eigenvalue weighted by atomic mass is 35.5. The van der Waals surface area contributed by atoms with Gasteiger partial charge in [0.1, 0.15) is 5.15 Å². The number of halogens is 1. The van der Waals surface area contributed by atoms with E-state index in [1.807, 2.05) is 0 Å². The van der Waals surface area contributed by atoms with E-state index in [1.54, 1.807) is 4.90 Å². The quantitative estimate of drug-likeness (QED) is 0.779. The van der Waals surface area contributed by atoms with Crippen LogP contribution in [0.2, 0.25) is 5.15 Å². The van der Waals surface area contributed by atoms with Crippen molar-refractivity contribution in [2.75, 3.05) is 38.6 Å². The number of morpholine rings is 1. The molecule has 3 N–H and O–H groups in total. The molecule has 21 heavy (non-hydrogen) atoms. The van der Waals surface area contributed by atoms with Gasteiger partial charge in [0, 0.05) is 26.1 Å². The summed E-state index contributed by atoms with van der Waals surface area (Å²) < 4.78 is 5.18. The fourth-order valence-corrected chi connectivity index (χ4v) is 2.14. The van der Waals surface area contributed by atoms with Crippen LogP contribution in [0.15, 0.2) is 12.3 Å². The van der Waals surface area contributed by atoms with Crippen LogP contribution in [0.5, 0.6) is 0 Å². The van der Waals surface area contributed by atoms with Crippen LogP contribution < -0.4 is 11.1 Å². The van der Waals surface area contributed by atoms with Crippen molar-refractivity contribution in [3.63, 3.8) is 0 Å². The van der Waals surface area contributed by atoms with Crippen molar-refractivity contribution in [1.29, 1.82) is 0 Å². The highest BCUT2D eigenvalue weighted by Crippen LogP contribution is 2.14. The molecule has 0 aromatic carbocycles. The molecule has 1 aromatic rings. The summed E-state index contributed by atoms with van der Waals surface area (Å²) in [7, 11) is 0. The van der Waals surface area contributed by atoms with Crippen LogP contribution in [0.4, 0.5) is 5.69 Å². The lowest BCUT2D eigenvalue weighted by Gasteiger charge is -2.26. The summed E-state index contributed by atoms with van der Waals surface area (Å²) in [4.78, 5) is 29.4. The van der Waals surface area contributed by atoms with Gasteiger partial charge in [0.2, 0.25) is 5.91 Å². The van der Waals surface area contributed by atoms with Gasteiger partial charge in [-0.25, -0.2) is 4.98 Å². The highest BCUT2D eigenvalue weighted by molar-refractivity contribution is 6.29. The smallest absolute Gasteiger partial charge is 0.253 e. The van der Waals surface area contributed by atoms with Gasteiger partial charge in [0.15, 0.2) is 0 Å². The maximum Gasteiger partial charge on any atom is 0.253 e. The number of hydrogen-bond acceptors (Lipinski definition) is 5. The van der Waals surface area contributed by atoms with Crippen molar-refractivity contribution in [3.8, 4) is 0 Å². The van der Waals surface area contributed by atoms with Gasteiger partial charge in [-0.3, -0.25) is 9.59 Å². The number of rotatable bonds is 4. The van der Waals surface area contributed by atoms with E-state index in [9.17, 15) is 9.59 Å². The van der Waals surface area contributed by atoms with Crippen LogP contribution in [0.3, 0.4) is 0 Å². The zero-order valence-corrected chi connectivity index (χ0v) is 12.2. The maximum absolute atomic E-state index is 12.0. The number of amides is 2. The lowest BCUT2D eigenvalue weighted by atomic mass is 10.2. The first kappa shape index (κ1) is 15.5. The van der Waals surface area contributed by atoms with E-state index in [2.05, 4.69) is 10.3 Å². The Morgan fingerprint density at radius 2 is 2.14 bits per heavy atom. The molecule has 1 aliphatic rings. The first-order valence-electron chi connectivity index (χ1n) is 6.62. The van der Waals surface area contributed by atoms with Crippen LogP contribution in [0, 0.1) is 0 Å². The lowest BCUT2D eigenvalue weighted by molar-refractivity contribution is -0.135. The third-order valence-electron chi connectivity index (χ3n) is 3.13. The average molecular weight is 313 g/mol. The number of aromatic nitrogens is 1. The molecule has 1 saturated heterocycles. The number of carbonyl (C=O) groups is 2. The van der Waals surface area contributed by atoms with E-state index < -0.39 is 0 Å². The standard InChI is InChI=1S/C13H17ClN4O3/c14-11-7-9(10(15)8-17-11)13(20)16-2-1-12(19)18-3-5-21-6-4-18/h7-8H,1-6,15H2,(H,16,20). The third kappa shape index (κ3) is 4.30. The predicted molar refractivity (Wildman–Crippen MR) is 78.0 cm³/mol. The first-order chi connectivity index (χ1) is 10.1. The van der Waals surface area contributed by atoms with Crippen LogP contribution in [-0.2, 0) is 9.53 Å². The van der Waals surface area contributed by atoms with Gasteiger partial charge >= 0.3 is 0 Å². The van der Waals surface area contributed by atoms with Gasteiger partial charge in [-0.2, -0.15) is 0 Å². The number of nitrogens with one attached hydrogen (secondary N) is 1. The van der Waals surface area contributed by atoms with Crippen LogP contribution in [-0.4, -0.2) is 54.5 Å². The van der Waals surface area contributed by atoms with Gasteiger partial charge in [-0.1, -0.05) is 11.6 Å². The molecule has 2 amide bonds. The molecule has 114 valence electrons. The van der Waals surface area contributed by atoms with E-state index in [0.29, 0.717) is 26.3 Å². The molecule has 0 radical (unpaired) electrons. The van der Waals surface area contributed by atoms with Gasteiger partial charge in [-0.15, -0.1) is 0 Å². The number of nitrogen functional groups attached to an aromatic ring is 1. The topological polar surface area (TPSA) is 97.5 Å². The van der Waals surface area contributed by atoms with E-state index in [1.165, 1.54) is 12.3 Å². The SMILES string of the molecule is Nc1cnc(Cl)cc1C(=O)NCCC(=O)N1CCOCC1. The summed E-state index contributed by atoms with van der Waals surface area (Å²) in [5, 5.41) is 2.85. The second-order valence-electron chi connectivity index (χ2n) is 4.59. The molecule has 0 aliphatic carbocycles. The number of pyridine rings is 1. The molecule has 0 bridgehead atoms. The number of carbonyl (C=O) groups excluding carboxylic acids is 2.